The number of piperidine rings is 1. The number of anilines is 1. The molecule has 1 aliphatic rings. The van der Waals surface area contributed by atoms with Crippen LogP contribution in [0.15, 0.2) is 60.7 Å². The molecule has 2 aromatic carbocycles. The van der Waals surface area contributed by atoms with Gasteiger partial charge in [-0.15, -0.1) is 0 Å². The maximum Gasteiger partial charge on any atom is 0.243 e. The standard InChI is InChI=1S/C23H28N4O2S/c1-17(28)24-21(16-18-8-4-2-5-9-18)22(29)25-20-12-14-27(15-13-20)23(30)26-19-10-6-3-7-11-19/h2-11,20-21H,12-16H2,1H3,(H,24,28)(H,25,29)(H,26,30). The Morgan fingerprint density at radius 1 is 1.03 bits per heavy atom. The number of nitrogens with one attached hydrogen (secondary N) is 3. The van der Waals surface area contributed by atoms with Gasteiger partial charge in [-0.2, -0.15) is 0 Å². The first-order valence-corrected chi connectivity index (χ1v) is 10.6. The van der Waals surface area contributed by atoms with Crippen LogP contribution in [0.5, 0.6) is 0 Å². The van der Waals surface area contributed by atoms with Crippen LogP contribution in [-0.4, -0.2) is 47.0 Å². The second-order valence-corrected chi connectivity index (χ2v) is 7.90. The van der Waals surface area contributed by atoms with Crippen LogP contribution in [-0.2, 0) is 16.0 Å². The number of thiocarbonyl (C=S) groups is 1. The van der Waals surface area contributed by atoms with E-state index in [4.69, 9.17) is 12.2 Å². The molecule has 0 aromatic heterocycles. The molecule has 0 bridgehead atoms. The molecule has 3 N–H and O–H groups in total. The second kappa shape index (κ2) is 10.7. The van der Waals surface area contributed by atoms with Crippen molar-refractivity contribution in [1.29, 1.82) is 0 Å². The highest BCUT2D eigenvalue weighted by molar-refractivity contribution is 7.80. The Hall–Kier alpha value is -2.93. The number of likely N-dealkylation sites (tertiary alicyclic amines) is 1. The van der Waals surface area contributed by atoms with Gasteiger partial charge in [0.05, 0.1) is 0 Å². The quantitative estimate of drug-likeness (QED) is 0.622. The molecule has 2 aromatic rings. The summed E-state index contributed by atoms with van der Waals surface area (Å²) in [5.41, 5.74) is 1.98. The summed E-state index contributed by atoms with van der Waals surface area (Å²) < 4.78 is 0. The molecule has 1 unspecified atom stereocenters. The number of carbonyl (C=O) groups is 2. The van der Waals surface area contributed by atoms with E-state index < -0.39 is 6.04 Å². The van der Waals surface area contributed by atoms with Crippen molar-refractivity contribution in [2.45, 2.75) is 38.3 Å². The molecule has 0 aliphatic carbocycles. The molecule has 1 fully saturated rings. The second-order valence-electron chi connectivity index (χ2n) is 7.51. The van der Waals surface area contributed by atoms with Crippen molar-refractivity contribution in [2.24, 2.45) is 0 Å². The van der Waals surface area contributed by atoms with Crippen LogP contribution in [0, 0.1) is 0 Å². The lowest BCUT2D eigenvalue weighted by Gasteiger charge is -2.34. The zero-order valence-corrected chi connectivity index (χ0v) is 18.0. The Balaban J connectivity index is 1.50. The van der Waals surface area contributed by atoms with Gasteiger partial charge in [-0.3, -0.25) is 9.59 Å². The Morgan fingerprint density at radius 3 is 2.23 bits per heavy atom. The van der Waals surface area contributed by atoms with Crippen molar-refractivity contribution >= 4 is 34.8 Å². The summed E-state index contributed by atoms with van der Waals surface area (Å²) >= 11 is 5.52. The van der Waals surface area contributed by atoms with Gasteiger partial charge in [-0.1, -0.05) is 48.5 Å². The minimum absolute atomic E-state index is 0.0697. The zero-order chi connectivity index (χ0) is 21.3. The molecule has 1 saturated heterocycles. The van der Waals surface area contributed by atoms with E-state index in [1.54, 1.807) is 0 Å². The Morgan fingerprint density at radius 2 is 1.63 bits per heavy atom. The van der Waals surface area contributed by atoms with Crippen molar-refractivity contribution in [3.8, 4) is 0 Å². The van der Waals surface area contributed by atoms with Gasteiger partial charge in [0.25, 0.3) is 0 Å². The fourth-order valence-electron chi connectivity index (χ4n) is 3.56. The van der Waals surface area contributed by atoms with E-state index in [-0.39, 0.29) is 17.9 Å². The third kappa shape index (κ3) is 6.56. The lowest BCUT2D eigenvalue weighted by molar-refractivity contribution is -0.128. The Kier molecular flexibility index (Phi) is 7.79. The molecule has 6 nitrogen and oxygen atoms in total. The third-order valence-corrected chi connectivity index (χ3v) is 5.49. The van der Waals surface area contributed by atoms with Crippen LogP contribution in [0.3, 0.4) is 0 Å². The summed E-state index contributed by atoms with van der Waals surface area (Å²) in [5, 5.41) is 9.85. The molecule has 158 valence electrons. The van der Waals surface area contributed by atoms with Gasteiger partial charge in [0.15, 0.2) is 5.11 Å². The van der Waals surface area contributed by atoms with Gasteiger partial charge in [0.1, 0.15) is 6.04 Å². The fraction of sp³-hybridized carbons (Fsp3) is 0.348. The first kappa shape index (κ1) is 21.8. The maximum absolute atomic E-state index is 12.8. The largest absolute Gasteiger partial charge is 0.351 e. The normalized spacial score (nSPS) is 15.2. The van der Waals surface area contributed by atoms with Crippen LogP contribution >= 0.6 is 12.2 Å². The lowest BCUT2D eigenvalue weighted by Crippen LogP contribution is -2.53. The molecule has 30 heavy (non-hydrogen) atoms. The number of nitrogens with zero attached hydrogens (tertiary/aromatic N) is 1. The molecule has 0 spiro atoms. The molecular formula is C23H28N4O2S. The van der Waals surface area contributed by atoms with Gasteiger partial charge in [-0.05, 0) is 42.8 Å². The SMILES string of the molecule is CC(=O)NC(Cc1ccccc1)C(=O)NC1CCN(C(=S)Nc2ccccc2)CC1. The van der Waals surface area contributed by atoms with Crippen molar-refractivity contribution in [3.63, 3.8) is 0 Å². The van der Waals surface area contributed by atoms with E-state index >= 15 is 0 Å². The number of carbonyl (C=O) groups excluding carboxylic acids is 2. The van der Waals surface area contributed by atoms with E-state index in [0.29, 0.717) is 11.5 Å². The molecule has 0 saturated carbocycles. The van der Waals surface area contributed by atoms with Gasteiger partial charge < -0.3 is 20.9 Å². The van der Waals surface area contributed by atoms with Gasteiger partial charge in [0.2, 0.25) is 11.8 Å². The van der Waals surface area contributed by atoms with Crippen LogP contribution in [0.4, 0.5) is 5.69 Å². The maximum atomic E-state index is 12.8. The van der Waals surface area contributed by atoms with Crippen molar-refractivity contribution in [2.75, 3.05) is 18.4 Å². The predicted octanol–water partition coefficient (Wildman–Crippen LogP) is 2.71. The summed E-state index contributed by atoms with van der Waals surface area (Å²) in [7, 11) is 0. The molecular weight excluding hydrogens is 396 g/mol. The summed E-state index contributed by atoms with van der Waals surface area (Å²) in [6.45, 7) is 2.98. The molecule has 3 rings (SSSR count). The van der Waals surface area contributed by atoms with Gasteiger partial charge in [-0.25, -0.2) is 0 Å². The number of para-hydroxylation sites is 1. The summed E-state index contributed by atoms with van der Waals surface area (Å²) in [6, 6.07) is 19.1. The lowest BCUT2D eigenvalue weighted by atomic mass is 10.0. The van der Waals surface area contributed by atoms with E-state index in [2.05, 4.69) is 20.9 Å². The fourth-order valence-corrected chi connectivity index (χ4v) is 3.86. The Bertz CT molecular complexity index is 852. The summed E-state index contributed by atoms with van der Waals surface area (Å²) in [4.78, 5) is 26.5. The average Bonchev–Trinajstić information content (AvgIpc) is 2.75. The van der Waals surface area contributed by atoms with Crippen molar-refractivity contribution in [3.05, 3.63) is 66.2 Å². The van der Waals surface area contributed by atoms with Crippen molar-refractivity contribution in [1.82, 2.24) is 15.5 Å². The summed E-state index contributed by atoms with van der Waals surface area (Å²) in [5.74, 6) is -0.351. The first-order valence-electron chi connectivity index (χ1n) is 10.2. The number of amides is 2. The van der Waals surface area contributed by atoms with Gasteiger partial charge >= 0.3 is 0 Å². The zero-order valence-electron chi connectivity index (χ0n) is 17.1. The predicted molar refractivity (Wildman–Crippen MR) is 123 cm³/mol. The van der Waals surface area contributed by atoms with Crippen LogP contribution in [0.25, 0.3) is 0 Å². The number of benzene rings is 2. The highest BCUT2D eigenvalue weighted by Gasteiger charge is 2.26. The molecule has 1 heterocycles. The van der Waals surface area contributed by atoms with Crippen LogP contribution in [0.1, 0.15) is 25.3 Å². The minimum atomic E-state index is -0.580. The first-order chi connectivity index (χ1) is 14.5. The number of hydrogen-bond acceptors (Lipinski definition) is 3. The molecule has 2 amide bonds. The van der Waals surface area contributed by atoms with E-state index in [1.807, 2.05) is 60.7 Å². The van der Waals surface area contributed by atoms with Crippen LogP contribution < -0.4 is 16.0 Å². The number of hydrogen-bond donors (Lipinski definition) is 3. The van der Waals surface area contributed by atoms with Gasteiger partial charge in [0, 0.05) is 38.2 Å². The highest BCUT2D eigenvalue weighted by Crippen LogP contribution is 2.14. The average molecular weight is 425 g/mol. The molecule has 7 heteroatoms. The monoisotopic (exact) mass is 424 g/mol. The van der Waals surface area contributed by atoms with E-state index in [0.717, 1.165) is 37.2 Å². The topological polar surface area (TPSA) is 73.5 Å². The van der Waals surface area contributed by atoms with Crippen LogP contribution in [0.2, 0.25) is 0 Å². The third-order valence-electron chi connectivity index (χ3n) is 5.13. The smallest absolute Gasteiger partial charge is 0.243 e. The Labute approximate surface area is 183 Å². The minimum Gasteiger partial charge on any atom is -0.351 e. The van der Waals surface area contributed by atoms with Crippen molar-refractivity contribution < 1.29 is 9.59 Å². The molecule has 1 aliphatic heterocycles. The highest BCUT2D eigenvalue weighted by atomic mass is 32.1. The summed E-state index contributed by atoms with van der Waals surface area (Å²) in [6.07, 6.45) is 2.08. The molecule has 1 atom stereocenters. The van der Waals surface area contributed by atoms with E-state index in [1.165, 1.54) is 6.92 Å². The van der Waals surface area contributed by atoms with E-state index in [9.17, 15) is 9.59 Å². The number of rotatable bonds is 6. The molecule has 0 radical (unpaired) electrons.